The lowest BCUT2D eigenvalue weighted by Gasteiger charge is -2.11. The number of hydrogen-bond acceptors (Lipinski definition) is 4. The van der Waals surface area contributed by atoms with Crippen molar-refractivity contribution in [3.05, 3.63) is 22.5 Å². The number of carbonyl (C=O) groups excluding carboxylic acids is 1. The molecule has 0 radical (unpaired) electrons. The van der Waals surface area contributed by atoms with Crippen LogP contribution in [0.4, 0.5) is 0 Å². The molecule has 20 heavy (non-hydrogen) atoms. The van der Waals surface area contributed by atoms with Gasteiger partial charge in [-0.3, -0.25) is 9.59 Å². The van der Waals surface area contributed by atoms with Crippen molar-refractivity contribution >= 4 is 17.9 Å². The highest BCUT2D eigenvalue weighted by molar-refractivity contribution is 5.91. The van der Waals surface area contributed by atoms with Gasteiger partial charge in [0.05, 0.1) is 18.9 Å². The Hall–Kier alpha value is -2.31. The summed E-state index contributed by atoms with van der Waals surface area (Å²) in [7, 11) is 0. The normalized spacial score (nSPS) is 11.9. The molecule has 1 atom stereocenters. The zero-order valence-corrected chi connectivity index (χ0v) is 11.5. The van der Waals surface area contributed by atoms with Crippen molar-refractivity contribution in [1.29, 1.82) is 0 Å². The number of H-pyrrole nitrogens is 1. The molecular weight excluding hydrogens is 266 g/mol. The molecule has 0 amide bonds. The van der Waals surface area contributed by atoms with Gasteiger partial charge >= 0.3 is 17.9 Å². The van der Waals surface area contributed by atoms with Crippen LogP contribution in [0, 0.1) is 13.8 Å². The molecular formula is C13H17NO6. The molecule has 0 saturated heterocycles. The van der Waals surface area contributed by atoms with Gasteiger partial charge in [0.1, 0.15) is 5.69 Å². The molecule has 0 bridgehead atoms. The highest BCUT2D eigenvalue weighted by Gasteiger charge is 2.30. The molecule has 0 saturated carbocycles. The third-order valence-corrected chi connectivity index (χ3v) is 3.00. The van der Waals surface area contributed by atoms with Crippen LogP contribution in [0.1, 0.15) is 46.6 Å². The Labute approximate surface area is 115 Å². The summed E-state index contributed by atoms with van der Waals surface area (Å²) in [6.07, 6.45) is -0.545. The zero-order chi connectivity index (χ0) is 15.4. The summed E-state index contributed by atoms with van der Waals surface area (Å²) >= 11 is 0. The molecule has 110 valence electrons. The Morgan fingerprint density at radius 1 is 1.25 bits per heavy atom. The van der Waals surface area contributed by atoms with Crippen LogP contribution in [0.3, 0.4) is 0 Å². The van der Waals surface area contributed by atoms with E-state index in [0.29, 0.717) is 16.8 Å². The molecule has 0 aliphatic rings. The first-order valence-electron chi connectivity index (χ1n) is 6.10. The fraction of sp³-hybridized carbons (Fsp3) is 0.462. The summed E-state index contributed by atoms with van der Waals surface area (Å²) in [5.74, 6) is -4.24. The number of carboxylic acid groups (broad SMARTS) is 2. The molecule has 0 aliphatic heterocycles. The summed E-state index contributed by atoms with van der Waals surface area (Å²) in [5, 5.41) is 18.0. The van der Waals surface area contributed by atoms with Gasteiger partial charge in [0.25, 0.3) is 0 Å². The Morgan fingerprint density at radius 2 is 1.85 bits per heavy atom. The van der Waals surface area contributed by atoms with Gasteiger partial charge in [-0.15, -0.1) is 0 Å². The zero-order valence-electron chi connectivity index (χ0n) is 11.5. The summed E-state index contributed by atoms with van der Waals surface area (Å²) in [5.41, 5.74) is 1.35. The van der Waals surface area contributed by atoms with E-state index in [1.54, 1.807) is 20.8 Å². The summed E-state index contributed by atoms with van der Waals surface area (Å²) in [6.45, 7) is 5.03. The first-order valence-corrected chi connectivity index (χ1v) is 6.10. The van der Waals surface area contributed by atoms with Crippen LogP contribution in [-0.4, -0.2) is 39.7 Å². The molecule has 1 aromatic heterocycles. The average molecular weight is 283 g/mol. The highest BCUT2D eigenvalue weighted by atomic mass is 16.5. The van der Waals surface area contributed by atoms with Crippen LogP contribution in [0.5, 0.6) is 0 Å². The molecule has 0 fully saturated rings. The van der Waals surface area contributed by atoms with Gasteiger partial charge in [-0.25, -0.2) is 4.79 Å². The first kappa shape index (κ1) is 15.7. The van der Waals surface area contributed by atoms with Gasteiger partial charge in [-0.2, -0.15) is 0 Å². The number of nitrogens with one attached hydrogen (secondary N) is 1. The second-order valence-electron chi connectivity index (χ2n) is 4.37. The van der Waals surface area contributed by atoms with Gasteiger partial charge in [0, 0.05) is 5.69 Å². The number of hydrogen-bond donors (Lipinski definition) is 3. The molecule has 1 heterocycles. The topological polar surface area (TPSA) is 117 Å². The third-order valence-electron chi connectivity index (χ3n) is 3.00. The fourth-order valence-electron chi connectivity index (χ4n) is 2.18. The van der Waals surface area contributed by atoms with Crippen molar-refractivity contribution < 1.29 is 29.3 Å². The predicted molar refractivity (Wildman–Crippen MR) is 68.9 cm³/mol. The van der Waals surface area contributed by atoms with Crippen LogP contribution in [0.25, 0.3) is 0 Å². The number of ether oxygens (including phenoxy) is 1. The minimum absolute atomic E-state index is 0.163. The molecule has 0 aromatic carbocycles. The Balaban J connectivity index is 3.26. The molecule has 1 rings (SSSR count). The highest BCUT2D eigenvalue weighted by Crippen LogP contribution is 2.29. The van der Waals surface area contributed by atoms with Crippen LogP contribution in [-0.2, 0) is 14.3 Å². The van der Waals surface area contributed by atoms with Crippen molar-refractivity contribution in [3.63, 3.8) is 0 Å². The van der Waals surface area contributed by atoms with Crippen molar-refractivity contribution in [3.8, 4) is 0 Å². The number of aromatic nitrogens is 1. The molecule has 0 aliphatic carbocycles. The van der Waals surface area contributed by atoms with E-state index < -0.39 is 30.2 Å². The minimum Gasteiger partial charge on any atom is -0.481 e. The predicted octanol–water partition coefficient (Wildman–Crippen LogP) is 1.45. The van der Waals surface area contributed by atoms with Crippen molar-refractivity contribution in [2.75, 3.05) is 6.61 Å². The maximum Gasteiger partial charge on any atom is 0.355 e. The van der Waals surface area contributed by atoms with E-state index in [1.165, 1.54) is 0 Å². The van der Waals surface area contributed by atoms with Crippen molar-refractivity contribution in [2.24, 2.45) is 0 Å². The Morgan fingerprint density at radius 3 is 2.30 bits per heavy atom. The number of aryl methyl sites for hydroxylation is 1. The molecule has 1 unspecified atom stereocenters. The number of rotatable bonds is 6. The Bertz CT molecular complexity index is 545. The number of aromatic amines is 1. The van der Waals surface area contributed by atoms with E-state index in [9.17, 15) is 19.5 Å². The molecule has 7 nitrogen and oxygen atoms in total. The number of esters is 1. The maximum atomic E-state index is 11.7. The number of carbonyl (C=O) groups is 3. The lowest BCUT2D eigenvalue weighted by atomic mass is 9.92. The van der Waals surface area contributed by atoms with Gasteiger partial charge in [0.2, 0.25) is 0 Å². The van der Waals surface area contributed by atoms with E-state index in [-0.39, 0.29) is 12.3 Å². The first-order chi connectivity index (χ1) is 9.29. The second kappa shape index (κ2) is 6.23. The summed E-state index contributed by atoms with van der Waals surface area (Å²) in [4.78, 5) is 36.5. The lowest BCUT2D eigenvalue weighted by Crippen LogP contribution is -2.17. The van der Waals surface area contributed by atoms with E-state index in [4.69, 9.17) is 9.84 Å². The molecule has 7 heteroatoms. The maximum absolute atomic E-state index is 11.7. The average Bonchev–Trinajstić information content (AvgIpc) is 2.62. The largest absolute Gasteiger partial charge is 0.481 e. The molecule has 0 spiro atoms. The number of carboxylic acids is 2. The summed E-state index contributed by atoms with van der Waals surface area (Å²) < 4.78 is 4.86. The SMILES string of the molecule is CCOC(=O)c1[nH]c(C)c(C(CC(=O)O)C(=O)O)c1C. The van der Waals surface area contributed by atoms with Gasteiger partial charge in [-0.1, -0.05) is 0 Å². The third kappa shape index (κ3) is 3.17. The van der Waals surface area contributed by atoms with Crippen LogP contribution >= 0.6 is 0 Å². The van der Waals surface area contributed by atoms with Crippen LogP contribution in [0.2, 0.25) is 0 Å². The standard InChI is InChI=1S/C13H17NO6/c1-4-20-13(19)11-6(2)10(7(3)14-11)8(12(17)18)5-9(15)16/h8,14H,4-5H2,1-3H3,(H,15,16)(H,17,18). The molecule has 3 N–H and O–H groups in total. The fourth-order valence-corrected chi connectivity index (χ4v) is 2.18. The Kier molecular flexibility index (Phi) is 4.90. The van der Waals surface area contributed by atoms with Crippen molar-refractivity contribution in [2.45, 2.75) is 33.1 Å². The molecule has 1 aromatic rings. The number of aliphatic carboxylic acids is 2. The van der Waals surface area contributed by atoms with Gasteiger partial charge in [0.15, 0.2) is 0 Å². The second-order valence-corrected chi connectivity index (χ2v) is 4.37. The van der Waals surface area contributed by atoms with Gasteiger partial charge < -0.3 is 19.9 Å². The lowest BCUT2D eigenvalue weighted by molar-refractivity contribution is -0.145. The summed E-state index contributed by atoms with van der Waals surface area (Å²) in [6, 6.07) is 0. The monoisotopic (exact) mass is 283 g/mol. The van der Waals surface area contributed by atoms with E-state index >= 15 is 0 Å². The van der Waals surface area contributed by atoms with Crippen LogP contribution < -0.4 is 0 Å². The smallest absolute Gasteiger partial charge is 0.355 e. The van der Waals surface area contributed by atoms with E-state index in [1.807, 2.05) is 0 Å². The van der Waals surface area contributed by atoms with Gasteiger partial charge in [-0.05, 0) is 31.9 Å². The van der Waals surface area contributed by atoms with E-state index in [0.717, 1.165) is 0 Å². The quantitative estimate of drug-likeness (QED) is 0.680. The van der Waals surface area contributed by atoms with Crippen molar-refractivity contribution in [1.82, 2.24) is 4.98 Å². The van der Waals surface area contributed by atoms with Crippen LogP contribution in [0.15, 0.2) is 0 Å². The van der Waals surface area contributed by atoms with E-state index in [2.05, 4.69) is 4.98 Å². The minimum atomic E-state index is -1.24.